The van der Waals surface area contributed by atoms with Crippen LogP contribution in [0.15, 0.2) is 24.3 Å². The third kappa shape index (κ3) is 3.07. The van der Waals surface area contributed by atoms with Crippen LogP contribution in [0, 0.1) is 5.92 Å². The molecule has 1 aromatic rings. The zero-order valence-electron chi connectivity index (χ0n) is 10.2. The summed E-state index contributed by atoms with van der Waals surface area (Å²) in [6.45, 7) is 5.41. The second kappa shape index (κ2) is 5.32. The highest BCUT2D eigenvalue weighted by Gasteiger charge is 2.25. The number of likely N-dealkylation sites (tertiary alicyclic amines) is 1. The summed E-state index contributed by atoms with van der Waals surface area (Å²) in [4.78, 5) is 13.2. The lowest BCUT2D eigenvalue weighted by Crippen LogP contribution is -2.45. The molecule has 1 saturated heterocycles. The lowest BCUT2D eigenvalue weighted by molar-refractivity contribution is 0.0695. The molecule has 0 radical (unpaired) electrons. The van der Waals surface area contributed by atoms with Crippen molar-refractivity contribution in [2.45, 2.75) is 26.3 Å². The lowest BCUT2D eigenvalue weighted by Gasteiger charge is -2.39. The summed E-state index contributed by atoms with van der Waals surface area (Å²) in [7, 11) is 0. The average molecular weight is 233 g/mol. The lowest BCUT2D eigenvalue weighted by atomic mass is 9.94. The quantitative estimate of drug-likeness (QED) is 0.850. The van der Waals surface area contributed by atoms with Gasteiger partial charge in [-0.25, -0.2) is 4.79 Å². The zero-order valence-corrected chi connectivity index (χ0v) is 10.2. The smallest absolute Gasteiger partial charge is 0.335 e. The van der Waals surface area contributed by atoms with Crippen LogP contribution in [-0.4, -0.2) is 29.1 Å². The van der Waals surface area contributed by atoms with E-state index in [0.29, 0.717) is 5.56 Å². The summed E-state index contributed by atoms with van der Waals surface area (Å²) < 4.78 is 0. The molecule has 1 aromatic carbocycles. The van der Waals surface area contributed by atoms with E-state index in [2.05, 4.69) is 11.8 Å². The van der Waals surface area contributed by atoms with Crippen molar-refractivity contribution in [3.05, 3.63) is 35.4 Å². The highest BCUT2D eigenvalue weighted by Crippen LogP contribution is 2.22. The molecule has 0 amide bonds. The summed E-state index contributed by atoms with van der Waals surface area (Å²) in [5.41, 5.74) is 1.48. The van der Waals surface area contributed by atoms with Gasteiger partial charge in [0, 0.05) is 19.6 Å². The highest BCUT2D eigenvalue weighted by molar-refractivity contribution is 5.87. The molecule has 0 aromatic heterocycles. The number of benzene rings is 1. The van der Waals surface area contributed by atoms with E-state index >= 15 is 0 Å². The van der Waals surface area contributed by atoms with Gasteiger partial charge in [-0.3, -0.25) is 4.90 Å². The maximum atomic E-state index is 10.8. The molecule has 0 saturated carbocycles. The monoisotopic (exact) mass is 233 g/mol. The summed E-state index contributed by atoms with van der Waals surface area (Å²) >= 11 is 0. The van der Waals surface area contributed by atoms with Crippen molar-refractivity contribution in [1.82, 2.24) is 4.90 Å². The fourth-order valence-corrected chi connectivity index (χ4v) is 2.46. The van der Waals surface area contributed by atoms with E-state index in [1.807, 2.05) is 12.1 Å². The minimum Gasteiger partial charge on any atom is -0.478 e. The van der Waals surface area contributed by atoms with Gasteiger partial charge in [0.25, 0.3) is 0 Å². The first-order valence-corrected chi connectivity index (χ1v) is 6.23. The first-order valence-electron chi connectivity index (χ1n) is 6.23. The molecule has 1 N–H and O–H groups in total. The molecule has 0 aliphatic carbocycles. The Morgan fingerprint density at radius 1 is 1.47 bits per heavy atom. The maximum Gasteiger partial charge on any atom is 0.335 e. The molecule has 1 heterocycles. The second-order valence-electron chi connectivity index (χ2n) is 4.85. The molecule has 92 valence electrons. The van der Waals surface area contributed by atoms with Gasteiger partial charge in [-0.2, -0.15) is 0 Å². The molecule has 1 aliphatic rings. The predicted octanol–water partition coefficient (Wildman–Crippen LogP) is 2.62. The van der Waals surface area contributed by atoms with Crippen molar-refractivity contribution < 1.29 is 9.90 Å². The molecule has 0 atom stereocenters. The van der Waals surface area contributed by atoms with Gasteiger partial charge in [-0.15, -0.1) is 0 Å². The summed E-state index contributed by atoms with van der Waals surface area (Å²) in [5.74, 6) is 0.00183. The molecule has 1 aliphatic heterocycles. The van der Waals surface area contributed by atoms with Crippen molar-refractivity contribution in [3.8, 4) is 0 Å². The van der Waals surface area contributed by atoms with Gasteiger partial charge in [-0.05, 0) is 30.0 Å². The van der Waals surface area contributed by atoms with E-state index in [0.717, 1.165) is 31.1 Å². The number of carboxylic acid groups (broad SMARTS) is 1. The summed E-state index contributed by atoms with van der Waals surface area (Å²) in [6.07, 6.45) is 2.57. The predicted molar refractivity (Wildman–Crippen MR) is 67.1 cm³/mol. The first-order chi connectivity index (χ1) is 8.19. The van der Waals surface area contributed by atoms with Gasteiger partial charge in [0.1, 0.15) is 0 Å². The van der Waals surface area contributed by atoms with E-state index in [1.165, 1.54) is 12.8 Å². The maximum absolute atomic E-state index is 10.8. The fraction of sp³-hybridized carbons (Fsp3) is 0.500. The number of rotatable bonds is 5. The Kier molecular flexibility index (Phi) is 3.79. The minimum atomic E-state index is -0.848. The van der Waals surface area contributed by atoms with E-state index in [4.69, 9.17) is 5.11 Å². The molecule has 3 nitrogen and oxygen atoms in total. The SMILES string of the molecule is CCCC1CN(Cc2cccc(C(=O)O)c2)C1. The molecule has 3 heteroatoms. The van der Waals surface area contributed by atoms with E-state index in [1.54, 1.807) is 12.1 Å². The molecular formula is C14H19NO2. The normalized spacial score (nSPS) is 16.8. The Bertz CT molecular complexity index is 397. The topological polar surface area (TPSA) is 40.5 Å². The number of aromatic carboxylic acids is 1. The third-order valence-electron chi connectivity index (χ3n) is 3.31. The van der Waals surface area contributed by atoms with Crippen LogP contribution in [0.1, 0.15) is 35.7 Å². The van der Waals surface area contributed by atoms with Crippen LogP contribution < -0.4 is 0 Å². The van der Waals surface area contributed by atoms with Gasteiger partial charge in [0.15, 0.2) is 0 Å². The number of nitrogens with zero attached hydrogens (tertiary/aromatic N) is 1. The number of carboxylic acids is 1. The van der Waals surface area contributed by atoms with Crippen LogP contribution in [0.3, 0.4) is 0 Å². The van der Waals surface area contributed by atoms with E-state index < -0.39 is 5.97 Å². The Labute approximate surface area is 102 Å². The molecule has 17 heavy (non-hydrogen) atoms. The number of carbonyl (C=O) groups is 1. The van der Waals surface area contributed by atoms with Gasteiger partial charge in [0.2, 0.25) is 0 Å². The number of hydrogen-bond acceptors (Lipinski definition) is 2. The highest BCUT2D eigenvalue weighted by atomic mass is 16.4. The van der Waals surface area contributed by atoms with Crippen molar-refractivity contribution in [1.29, 1.82) is 0 Å². The molecule has 1 fully saturated rings. The van der Waals surface area contributed by atoms with Gasteiger partial charge in [0.05, 0.1) is 5.56 Å². The van der Waals surface area contributed by atoms with Crippen LogP contribution in [0.25, 0.3) is 0 Å². The minimum absolute atomic E-state index is 0.383. The second-order valence-corrected chi connectivity index (χ2v) is 4.85. The summed E-state index contributed by atoms with van der Waals surface area (Å²) in [5, 5.41) is 8.91. The van der Waals surface area contributed by atoms with Crippen molar-refractivity contribution >= 4 is 5.97 Å². The Hall–Kier alpha value is -1.35. The Morgan fingerprint density at radius 2 is 2.24 bits per heavy atom. The van der Waals surface area contributed by atoms with E-state index in [9.17, 15) is 4.79 Å². The molecular weight excluding hydrogens is 214 g/mol. The third-order valence-corrected chi connectivity index (χ3v) is 3.31. The fourth-order valence-electron chi connectivity index (χ4n) is 2.46. The molecule has 2 rings (SSSR count). The molecule has 0 spiro atoms. The molecule has 0 unspecified atom stereocenters. The van der Waals surface area contributed by atoms with Crippen LogP contribution in [-0.2, 0) is 6.54 Å². The zero-order chi connectivity index (χ0) is 12.3. The van der Waals surface area contributed by atoms with Gasteiger partial charge in [-0.1, -0.05) is 25.5 Å². The standard InChI is InChI=1S/C14H19NO2/c1-2-4-12-9-15(10-12)8-11-5-3-6-13(7-11)14(16)17/h3,5-7,12H,2,4,8-10H2,1H3,(H,16,17). The Morgan fingerprint density at radius 3 is 2.88 bits per heavy atom. The van der Waals surface area contributed by atoms with Gasteiger partial charge >= 0.3 is 5.97 Å². The van der Waals surface area contributed by atoms with Gasteiger partial charge < -0.3 is 5.11 Å². The average Bonchev–Trinajstić information content (AvgIpc) is 2.27. The largest absolute Gasteiger partial charge is 0.478 e. The van der Waals surface area contributed by atoms with Crippen LogP contribution in [0.5, 0.6) is 0 Å². The Balaban J connectivity index is 1.88. The first kappa shape index (κ1) is 12.1. The van der Waals surface area contributed by atoms with Crippen molar-refractivity contribution in [2.75, 3.05) is 13.1 Å². The number of hydrogen-bond donors (Lipinski definition) is 1. The summed E-state index contributed by atoms with van der Waals surface area (Å²) in [6, 6.07) is 7.24. The van der Waals surface area contributed by atoms with Crippen LogP contribution >= 0.6 is 0 Å². The van der Waals surface area contributed by atoms with Crippen LogP contribution in [0.2, 0.25) is 0 Å². The van der Waals surface area contributed by atoms with Crippen molar-refractivity contribution in [2.24, 2.45) is 5.92 Å². The van der Waals surface area contributed by atoms with E-state index in [-0.39, 0.29) is 0 Å². The molecule has 0 bridgehead atoms. The van der Waals surface area contributed by atoms with Crippen LogP contribution in [0.4, 0.5) is 0 Å². The van der Waals surface area contributed by atoms with Crippen molar-refractivity contribution in [3.63, 3.8) is 0 Å².